The molecule has 66 valence electrons. The van der Waals surface area contributed by atoms with E-state index in [-0.39, 0.29) is 0 Å². The third-order valence-corrected chi connectivity index (χ3v) is 3.44. The maximum atomic E-state index is 2.34. The molecule has 0 heteroatoms. The van der Waals surface area contributed by atoms with Gasteiger partial charge in [-0.05, 0) is 37.5 Å². The third kappa shape index (κ3) is 1.48. The highest BCUT2D eigenvalue weighted by Crippen LogP contribution is 2.39. The Kier molecular flexibility index (Phi) is 2.34. The minimum atomic E-state index is 0.935. The zero-order valence-electron chi connectivity index (χ0n) is 7.92. The fraction of sp³-hybridized carbons (Fsp3) is 0.667. The molecule has 2 rings (SSSR count). The number of allylic oxidation sites excluding steroid dienone is 4. The molecule has 12 heavy (non-hydrogen) atoms. The van der Waals surface area contributed by atoms with Crippen molar-refractivity contribution in [1.82, 2.24) is 0 Å². The number of rotatable bonds is 2. The van der Waals surface area contributed by atoms with Crippen LogP contribution >= 0.6 is 0 Å². The van der Waals surface area contributed by atoms with E-state index in [0.717, 1.165) is 11.8 Å². The lowest BCUT2D eigenvalue weighted by molar-refractivity contribution is 0.507. The highest BCUT2D eigenvalue weighted by Gasteiger charge is 2.25. The van der Waals surface area contributed by atoms with Gasteiger partial charge in [0.25, 0.3) is 0 Å². The summed E-state index contributed by atoms with van der Waals surface area (Å²) in [7, 11) is 0. The van der Waals surface area contributed by atoms with Crippen molar-refractivity contribution < 1.29 is 0 Å². The summed E-state index contributed by atoms with van der Waals surface area (Å²) in [5.41, 5.74) is 1.70. The van der Waals surface area contributed by atoms with Crippen molar-refractivity contribution >= 4 is 0 Å². The van der Waals surface area contributed by atoms with Gasteiger partial charge in [0.05, 0.1) is 0 Å². The molecule has 2 unspecified atom stereocenters. The quantitative estimate of drug-likeness (QED) is 0.580. The molecule has 0 aromatic heterocycles. The normalized spacial score (nSPS) is 34.2. The Balaban J connectivity index is 1.91. The second kappa shape index (κ2) is 3.47. The van der Waals surface area contributed by atoms with Gasteiger partial charge in [0, 0.05) is 0 Å². The molecule has 0 aromatic rings. The first-order chi connectivity index (χ1) is 5.90. The second-order valence-electron chi connectivity index (χ2n) is 4.16. The molecule has 0 aromatic carbocycles. The highest BCUT2D eigenvalue weighted by atomic mass is 14.3. The largest absolute Gasteiger partial charge is 0.0805 e. The van der Waals surface area contributed by atoms with Crippen LogP contribution in [0.3, 0.4) is 0 Å². The molecule has 2 atom stereocenters. The van der Waals surface area contributed by atoms with Gasteiger partial charge < -0.3 is 0 Å². The zero-order valence-corrected chi connectivity index (χ0v) is 7.92. The van der Waals surface area contributed by atoms with Gasteiger partial charge in [0.2, 0.25) is 0 Å². The van der Waals surface area contributed by atoms with E-state index >= 15 is 0 Å². The van der Waals surface area contributed by atoms with Gasteiger partial charge in [-0.1, -0.05) is 37.1 Å². The van der Waals surface area contributed by atoms with E-state index in [0.29, 0.717) is 0 Å². The molecule has 0 heterocycles. The fourth-order valence-electron chi connectivity index (χ4n) is 2.55. The molecule has 0 aliphatic heterocycles. The van der Waals surface area contributed by atoms with E-state index in [1.54, 1.807) is 5.57 Å². The summed E-state index contributed by atoms with van der Waals surface area (Å²) in [5.74, 6) is 1.96. The minimum absolute atomic E-state index is 0.935. The SMILES string of the molecule is CCC1CCC(C2=CC=CC2)C1. The Morgan fingerprint density at radius 2 is 2.33 bits per heavy atom. The summed E-state index contributed by atoms with van der Waals surface area (Å²) in [6, 6.07) is 0. The minimum Gasteiger partial charge on any atom is -0.0805 e. The smallest absolute Gasteiger partial charge is 0.0130 e. The van der Waals surface area contributed by atoms with Crippen LogP contribution in [0.4, 0.5) is 0 Å². The Labute approximate surface area is 75.4 Å². The third-order valence-electron chi connectivity index (χ3n) is 3.44. The van der Waals surface area contributed by atoms with Crippen molar-refractivity contribution in [3.63, 3.8) is 0 Å². The Morgan fingerprint density at radius 1 is 1.42 bits per heavy atom. The summed E-state index contributed by atoms with van der Waals surface area (Å²) in [6.07, 6.45) is 13.8. The van der Waals surface area contributed by atoms with Crippen LogP contribution in [0.1, 0.15) is 39.0 Å². The van der Waals surface area contributed by atoms with Crippen LogP contribution in [-0.2, 0) is 0 Å². The van der Waals surface area contributed by atoms with Crippen molar-refractivity contribution in [2.24, 2.45) is 11.8 Å². The summed E-state index contributed by atoms with van der Waals surface area (Å²) in [5, 5.41) is 0. The summed E-state index contributed by atoms with van der Waals surface area (Å²) >= 11 is 0. The summed E-state index contributed by atoms with van der Waals surface area (Å²) in [4.78, 5) is 0. The summed E-state index contributed by atoms with van der Waals surface area (Å²) < 4.78 is 0. The molecule has 0 N–H and O–H groups in total. The van der Waals surface area contributed by atoms with Gasteiger partial charge in [0.15, 0.2) is 0 Å². The first-order valence-corrected chi connectivity index (χ1v) is 5.25. The van der Waals surface area contributed by atoms with Crippen molar-refractivity contribution in [3.8, 4) is 0 Å². The van der Waals surface area contributed by atoms with Crippen LogP contribution < -0.4 is 0 Å². The lowest BCUT2D eigenvalue weighted by atomic mass is 9.95. The Morgan fingerprint density at radius 3 is 2.92 bits per heavy atom. The van der Waals surface area contributed by atoms with Gasteiger partial charge in [-0.25, -0.2) is 0 Å². The van der Waals surface area contributed by atoms with Gasteiger partial charge in [0.1, 0.15) is 0 Å². The van der Waals surface area contributed by atoms with Crippen molar-refractivity contribution in [1.29, 1.82) is 0 Å². The lowest BCUT2D eigenvalue weighted by Gasteiger charge is -2.10. The van der Waals surface area contributed by atoms with Crippen LogP contribution in [0.2, 0.25) is 0 Å². The molecule has 1 fully saturated rings. The van der Waals surface area contributed by atoms with Crippen LogP contribution in [0.25, 0.3) is 0 Å². The van der Waals surface area contributed by atoms with E-state index < -0.39 is 0 Å². The maximum absolute atomic E-state index is 2.34. The van der Waals surface area contributed by atoms with E-state index in [1.807, 2.05) is 0 Å². The number of hydrogen-bond acceptors (Lipinski definition) is 0. The van der Waals surface area contributed by atoms with Gasteiger partial charge in [-0.2, -0.15) is 0 Å². The van der Waals surface area contributed by atoms with E-state index in [1.165, 1.54) is 32.1 Å². The first-order valence-electron chi connectivity index (χ1n) is 5.25. The summed E-state index contributed by atoms with van der Waals surface area (Å²) in [6.45, 7) is 2.33. The predicted molar refractivity (Wildman–Crippen MR) is 53.0 cm³/mol. The molecule has 0 amide bonds. The zero-order chi connectivity index (χ0) is 8.39. The van der Waals surface area contributed by atoms with Gasteiger partial charge >= 0.3 is 0 Å². The lowest BCUT2D eigenvalue weighted by Crippen LogP contribution is -1.98. The molecule has 0 saturated heterocycles. The molecule has 1 saturated carbocycles. The average Bonchev–Trinajstić information content (AvgIpc) is 2.75. The highest BCUT2D eigenvalue weighted by molar-refractivity contribution is 5.25. The van der Waals surface area contributed by atoms with E-state index in [4.69, 9.17) is 0 Å². The molecule has 0 spiro atoms. The topological polar surface area (TPSA) is 0 Å². The maximum Gasteiger partial charge on any atom is -0.0130 e. The molecule has 0 bridgehead atoms. The number of hydrogen-bond donors (Lipinski definition) is 0. The fourth-order valence-corrected chi connectivity index (χ4v) is 2.55. The van der Waals surface area contributed by atoms with Crippen molar-refractivity contribution in [3.05, 3.63) is 23.8 Å². The van der Waals surface area contributed by atoms with E-state index in [2.05, 4.69) is 25.2 Å². The second-order valence-corrected chi connectivity index (χ2v) is 4.16. The van der Waals surface area contributed by atoms with Gasteiger partial charge in [-0.3, -0.25) is 0 Å². The van der Waals surface area contributed by atoms with E-state index in [9.17, 15) is 0 Å². The van der Waals surface area contributed by atoms with Crippen LogP contribution in [-0.4, -0.2) is 0 Å². The molecular formula is C12H18. The molecule has 2 aliphatic carbocycles. The molecule has 2 aliphatic rings. The molecule has 0 nitrogen and oxygen atoms in total. The first kappa shape index (κ1) is 8.10. The Hall–Kier alpha value is -0.520. The van der Waals surface area contributed by atoms with Gasteiger partial charge in [-0.15, -0.1) is 0 Å². The molecule has 0 radical (unpaired) electrons. The standard InChI is InChI=1S/C12H18/c1-2-10-7-8-12(9-10)11-5-3-4-6-11/h3-5,10,12H,2,6-9H2,1H3. The molecular weight excluding hydrogens is 144 g/mol. The monoisotopic (exact) mass is 162 g/mol. The average molecular weight is 162 g/mol. The van der Waals surface area contributed by atoms with Crippen LogP contribution in [0, 0.1) is 11.8 Å². The Bertz CT molecular complexity index is 210. The van der Waals surface area contributed by atoms with Crippen molar-refractivity contribution in [2.45, 2.75) is 39.0 Å². The van der Waals surface area contributed by atoms with Crippen LogP contribution in [0.5, 0.6) is 0 Å². The predicted octanol–water partition coefficient (Wildman–Crippen LogP) is 3.70. The van der Waals surface area contributed by atoms with Crippen LogP contribution in [0.15, 0.2) is 23.8 Å². The van der Waals surface area contributed by atoms with Crippen molar-refractivity contribution in [2.75, 3.05) is 0 Å².